The Labute approximate surface area is 429 Å². The summed E-state index contributed by atoms with van der Waals surface area (Å²) in [4.78, 5) is 71.8. The normalized spacial score (nSPS) is 34.8. The molecule has 4 N–H and O–H groups in total. The summed E-state index contributed by atoms with van der Waals surface area (Å²) >= 11 is 0. The summed E-state index contributed by atoms with van der Waals surface area (Å²) in [6.45, 7) is 12.0. The second-order valence-corrected chi connectivity index (χ2v) is 21.0. The van der Waals surface area contributed by atoms with Crippen LogP contribution in [0.5, 0.6) is 0 Å². The number of esters is 1. The van der Waals surface area contributed by atoms with E-state index in [4.69, 9.17) is 23.7 Å². The zero-order valence-corrected chi connectivity index (χ0v) is 43.8. The zero-order valence-electron chi connectivity index (χ0n) is 43.8. The number of carbonyl (C=O) groups is 5. The number of ketones is 2. The molecule has 5 rings (SSSR count). The van der Waals surface area contributed by atoms with Gasteiger partial charge in [0, 0.05) is 64.2 Å². The summed E-state index contributed by atoms with van der Waals surface area (Å²) in [6.07, 6.45) is 9.51. The number of hydrogen-bond acceptors (Lipinski definition) is 13. The number of benzene rings is 1. The van der Waals surface area contributed by atoms with Crippen molar-refractivity contribution in [1.82, 2.24) is 10.2 Å². The standard InChI is InChI=1S/C56H84N2O13.CH4/c1-10-11-13-25-57-53(63)41-22-19-39(20-23-41)16-15-17-42-28-34(2)27-35(3)29-48(68-8)51-49(69-9)31-37(5)56(66,71-51)52(62)54(64)58-26-14-12-18-43(58)55(65)70-50(38(6)45(60)33-46(42)61)36(4)30-40-21-24-44(59)47(32-40)67-7;/h15-16,19-20,22-23,28,30,35,37-38,40,42-45,47-51,59-60,66H,10-14,17-18,21,24-27,29,31-33H2,1-9H3,(H,57,63);1H4/b16-15+,34-28+,36-30+;/t35-,37+,38+,40-,42+,43-,44+,45-,47+,48-,49-,50+,51+,56+;/m0./s1. The molecule has 15 nitrogen and oxygen atoms in total. The van der Waals surface area contributed by atoms with Gasteiger partial charge in [-0.25, -0.2) is 4.79 Å². The number of rotatable bonds is 13. The zero-order chi connectivity index (χ0) is 52.0. The fourth-order valence-electron chi connectivity index (χ4n) is 11.0. The summed E-state index contributed by atoms with van der Waals surface area (Å²) < 4.78 is 30.1. The molecule has 2 saturated heterocycles. The molecule has 3 heterocycles. The first kappa shape index (κ1) is 60.5. The molecular weight excluding hydrogens is 921 g/mol. The van der Waals surface area contributed by atoms with Gasteiger partial charge in [0.2, 0.25) is 5.79 Å². The van der Waals surface area contributed by atoms with Gasteiger partial charge in [-0.2, -0.15) is 0 Å². The molecule has 72 heavy (non-hydrogen) atoms. The van der Waals surface area contributed by atoms with Crippen molar-refractivity contribution in [2.75, 3.05) is 34.4 Å². The van der Waals surface area contributed by atoms with Gasteiger partial charge >= 0.3 is 5.97 Å². The number of nitrogens with one attached hydrogen (secondary N) is 1. The first-order chi connectivity index (χ1) is 33.8. The Morgan fingerprint density at radius 2 is 1.57 bits per heavy atom. The predicted octanol–water partition coefficient (Wildman–Crippen LogP) is 7.72. The molecule has 1 aliphatic carbocycles. The van der Waals surface area contributed by atoms with Crippen LogP contribution in [0.15, 0.2) is 53.6 Å². The predicted molar refractivity (Wildman–Crippen MR) is 276 cm³/mol. The maximum absolute atomic E-state index is 14.6. The molecule has 1 saturated carbocycles. The van der Waals surface area contributed by atoms with Crippen LogP contribution in [0.3, 0.4) is 0 Å². The summed E-state index contributed by atoms with van der Waals surface area (Å²) in [5.41, 5.74) is 2.97. The van der Waals surface area contributed by atoms with E-state index in [1.165, 1.54) is 19.1 Å². The van der Waals surface area contributed by atoms with Gasteiger partial charge in [-0.1, -0.05) is 90.0 Å². The van der Waals surface area contributed by atoms with Crippen LogP contribution in [0.4, 0.5) is 0 Å². The number of ether oxygens (including phenoxy) is 5. The van der Waals surface area contributed by atoms with E-state index in [1.807, 2.05) is 57.2 Å². The lowest BCUT2D eigenvalue weighted by Crippen LogP contribution is -2.64. The fourth-order valence-corrected chi connectivity index (χ4v) is 11.0. The second-order valence-electron chi connectivity index (χ2n) is 21.0. The highest BCUT2D eigenvalue weighted by Gasteiger charge is 2.56. The van der Waals surface area contributed by atoms with E-state index >= 15 is 0 Å². The minimum absolute atomic E-state index is 0. The van der Waals surface area contributed by atoms with Gasteiger partial charge in [-0.05, 0) is 120 Å². The molecule has 404 valence electrons. The number of fused-ring (bicyclic) bond motifs is 3. The number of cyclic esters (lactones) is 1. The van der Waals surface area contributed by atoms with Gasteiger partial charge in [0.05, 0.1) is 30.5 Å². The number of hydrogen-bond donors (Lipinski definition) is 4. The molecule has 2 amide bonds. The third-order valence-corrected chi connectivity index (χ3v) is 15.4. The number of nitrogens with zero attached hydrogens (tertiary/aromatic N) is 1. The van der Waals surface area contributed by atoms with Crippen LogP contribution in [0, 0.1) is 29.6 Å². The first-order valence-electron chi connectivity index (χ1n) is 26.2. The fraction of sp³-hybridized carbons (Fsp3) is 0.702. The maximum Gasteiger partial charge on any atom is 0.329 e. The van der Waals surface area contributed by atoms with Gasteiger partial charge < -0.3 is 49.2 Å². The molecule has 0 unspecified atom stereocenters. The van der Waals surface area contributed by atoms with Crippen LogP contribution < -0.4 is 5.32 Å². The van der Waals surface area contributed by atoms with Gasteiger partial charge in [0.25, 0.3) is 17.6 Å². The third kappa shape index (κ3) is 15.7. The van der Waals surface area contributed by atoms with Crippen LogP contribution in [0.25, 0.3) is 6.08 Å². The largest absolute Gasteiger partial charge is 0.456 e. The number of carbonyl (C=O) groups excluding carboxylic acids is 5. The summed E-state index contributed by atoms with van der Waals surface area (Å²) in [5.74, 6) is -8.28. The van der Waals surface area contributed by atoms with Crippen molar-refractivity contribution >= 4 is 35.4 Å². The van der Waals surface area contributed by atoms with Gasteiger partial charge in [0.15, 0.2) is 0 Å². The maximum atomic E-state index is 14.6. The van der Waals surface area contributed by atoms with Gasteiger partial charge in [-0.15, -0.1) is 0 Å². The van der Waals surface area contributed by atoms with Crippen LogP contribution in [0.2, 0.25) is 0 Å². The van der Waals surface area contributed by atoms with Crippen molar-refractivity contribution < 1.29 is 63.0 Å². The van der Waals surface area contributed by atoms with E-state index in [9.17, 15) is 39.3 Å². The summed E-state index contributed by atoms with van der Waals surface area (Å²) in [5, 5.41) is 37.8. The van der Waals surface area contributed by atoms with Crippen molar-refractivity contribution in [2.45, 2.75) is 193 Å². The van der Waals surface area contributed by atoms with Crippen molar-refractivity contribution in [3.63, 3.8) is 0 Å². The number of piperidine rings is 1. The lowest BCUT2D eigenvalue weighted by atomic mass is 9.81. The molecule has 3 aliphatic heterocycles. The molecule has 4 aliphatic rings. The molecule has 1 aromatic carbocycles. The number of allylic oxidation sites excluding steroid dienone is 4. The number of unbranched alkanes of at least 4 members (excludes halogenated alkanes) is 2. The SMILES string of the molecule is C.CCCCCNC(=O)c1ccc(/C=C/C[C@@H]2/C=C(\C)C[C@H](C)C[C@H](OC)[C@H]3O[C@@](O)(C(=O)C(=O)N4CCCC[C@H]4C(=O)O[C@H](/C(C)=C/[C@@H]4CC[C@@H](O)[C@H](OC)C4)[C@H](C)[C@@H](O)CC2=O)[C@H](C)C[C@@H]3OC)cc1. The molecule has 0 spiro atoms. The van der Waals surface area contributed by atoms with E-state index in [0.29, 0.717) is 69.0 Å². The molecule has 1 aromatic rings. The quantitative estimate of drug-likeness (QED) is 0.0647. The third-order valence-electron chi connectivity index (χ3n) is 15.4. The van der Waals surface area contributed by atoms with E-state index < -0.39 is 83.9 Å². The van der Waals surface area contributed by atoms with Gasteiger partial charge in [-0.3, -0.25) is 19.2 Å². The van der Waals surface area contributed by atoms with E-state index in [2.05, 4.69) is 12.2 Å². The molecule has 3 fully saturated rings. The Bertz CT molecular complexity index is 2040. The average Bonchev–Trinajstić information content (AvgIpc) is 3.36. The van der Waals surface area contributed by atoms with E-state index in [-0.39, 0.29) is 62.9 Å². The lowest BCUT2D eigenvalue weighted by Gasteiger charge is -2.47. The number of aliphatic hydroxyl groups excluding tert-OH is 2. The molecule has 14 atom stereocenters. The monoisotopic (exact) mass is 1010 g/mol. The van der Waals surface area contributed by atoms with E-state index in [0.717, 1.165) is 30.4 Å². The number of methoxy groups -OCH3 is 3. The van der Waals surface area contributed by atoms with Crippen LogP contribution in [-0.2, 0) is 42.9 Å². The van der Waals surface area contributed by atoms with Crippen molar-refractivity contribution in [1.29, 1.82) is 0 Å². The summed E-state index contributed by atoms with van der Waals surface area (Å²) in [6, 6.07) is 6.11. The van der Waals surface area contributed by atoms with Crippen LogP contribution in [0.1, 0.15) is 155 Å². The highest BCUT2D eigenvalue weighted by atomic mass is 16.7. The van der Waals surface area contributed by atoms with Gasteiger partial charge in [0.1, 0.15) is 24.0 Å². The first-order valence-corrected chi connectivity index (χ1v) is 26.2. The molecule has 15 heteroatoms. The number of Topliss-reactive ketones (excluding diaryl/α,β-unsaturated/α-hetero) is 2. The van der Waals surface area contributed by atoms with Crippen LogP contribution in [-0.4, -0.2) is 139 Å². The number of amides is 2. The number of aliphatic hydroxyl groups is 3. The Balaban J connectivity index is 0.0000112. The van der Waals surface area contributed by atoms with E-state index in [1.54, 1.807) is 33.1 Å². The van der Waals surface area contributed by atoms with Crippen molar-refractivity contribution in [3.05, 3.63) is 64.8 Å². The Morgan fingerprint density at radius 3 is 2.24 bits per heavy atom. The highest BCUT2D eigenvalue weighted by molar-refractivity contribution is 6.39. The lowest BCUT2D eigenvalue weighted by molar-refractivity contribution is -0.302. The smallest absolute Gasteiger partial charge is 0.329 e. The molecule has 0 radical (unpaired) electrons. The summed E-state index contributed by atoms with van der Waals surface area (Å²) in [7, 11) is 4.61. The topological polar surface area (TPSA) is 207 Å². The van der Waals surface area contributed by atoms with Crippen molar-refractivity contribution in [3.8, 4) is 0 Å². The Kier molecular flexibility index (Phi) is 24.0. The Morgan fingerprint density at radius 1 is 0.889 bits per heavy atom. The molecule has 0 aromatic heterocycles. The van der Waals surface area contributed by atoms with Crippen molar-refractivity contribution in [2.24, 2.45) is 29.6 Å². The average molecular weight is 1010 g/mol. The minimum Gasteiger partial charge on any atom is -0.456 e. The van der Waals surface area contributed by atoms with Crippen LogP contribution >= 0.6 is 0 Å². The second kappa shape index (κ2) is 28.5. The molecule has 2 bridgehead atoms. The Hall–Kier alpha value is -4.09. The molecular formula is C57H88N2O13. The minimum atomic E-state index is -2.54. The highest BCUT2D eigenvalue weighted by Crippen LogP contribution is 2.39.